The molecule has 0 radical (unpaired) electrons. The summed E-state index contributed by atoms with van der Waals surface area (Å²) in [6.45, 7) is 1.99. The van der Waals surface area contributed by atoms with E-state index in [1.54, 1.807) is 24.3 Å². The van der Waals surface area contributed by atoms with Crippen molar-refractivity contribution in [1.82, 2.24) is 5.32 Å². The van der Waals surface area contributed by atoms with Crippen LogP contribution in [0.5, 0.6) is 0 Å². The summed E-state index contributed by atoms with van der Waals surface area (Å²) in [6, 6.07) is 17.3. The second-order valence-electron chi connectivity index (χ2n) is 6.45. The lowest BCUT2D eigenvalue weighted by Crippen LogP contribution is -2.32. The number of aryl methyl sites for hydroxylation is 1. The predicted molar refractivity (Wildman–Crippen MR) is 110 cm³/mol. The van der Waals surface area contributed by atoms with Crippen LogP contribution in [0.15, 0.2) is 71.2 Å². The average Bonchev–Trinajstić information content (AvgIpc) is 2.67. The van der Waals surface area contributed by atoms with Gasteiger partial charge in [0.05, 0.1) is 18.3 Å². The zero-order valence-electron chi connectivity index (χ0n) is 15.2. The van der Waals surface area contributed by atoms with Crippen LogP contribution in [-0.4, -0.2) is 12.5 Å². The van der Waals surface area contributed by atoms with E-state index >= 15 is 0 Å². The van der Waals surface area contributed by atoms with E-state index in [1.807, 2.05) is 25.1 Å². The molecule has 0 saturated heterocycles. The molecule has 3 aromatic rings. The molecule has 0 aliphatic rings. The van der Waals surface area contributed by atoms with E-state index in [4.69, 9.17) is 0 Å². The van der Waals surface area contributed by atoms with Crippen molar-refractivity contribution in [2.45, 2.75) is 13.0 Å². The summed E-state index contributed by atoms with van der Waals surface area (Å²) in [4.78, 5) is 12.4. The molecule has 144 valence electrons. The molecule has 0 heterocycles. The Morgan fingerprint density at radius 3 is 1.96 bits per heavy atom. The third-order valence-corrected chi connectivity index (χ3v) is 4.93. The van der Waals surface area contributed by atoms with Crippen LogP contribution in [0.4, 0.5) is 14.5 Å². The Hall–Kier alpha value is -2.57. The van der Waals surface area contributed by atoms with Gasteiger partial charge in [0.2, 0.25) is 5.91 Å². The van der Waals surface area contributed by atoms with Crippen molar-refractivity contribution in [2.24, 2.45) is 0 Å². The van der Waals surface area contributed by atoms with Crippen LogP contribution in [0.2, 0.25) is 0 Å². The maximum atomic E-state index is 13.3. The predicted octanol–water partition coefficient (Wildman–Crippen LogP) is 5.35. The van der Waals surface area contributed by atoms with Gasteiger partial charge < -0.3 is 5.32 Å². The monoisotopic (exact) mass is 444 g/mol. The Morgan fingerprint density at radius 2 is 1.46 bits per heavy atom. The number of benzene rings is 3. The largest absolute Gasteiger partial charge is 0.324 e. The minimum absolute atomic E-state index is 0.0275. The van der Waals surface area contributed by atoms with Crippen LogP contribution in [0.1, 0.15) is 22.7 Å². The maximum absolute atomic E-state index is 13.3. The van der Waals surface area contributed by atoms with Crippen molar-refractivity contribution in [2.75, 3.05) is 11.9 Å². The zero-order chi connectivity index (χ0) is 20.1. The van der Waals surface area contributed by atoms with Crippen molar-refractivity contribution in [3.63, 3.8) is 0 Å². The average molecular weight is 445 g/mol. The molecule has 6 heteroatoms. The quantitative estimate of drug-likeness (QED) is 0.537. The third-order valence-electron chi connectivity index (χ3n) is 4.27. The van der Waals surface area contributed by atoms with Gasteiger partial charge in [-0.2, -0.15) is 0 Å². The fraction of sp³-hybridized carbons (Fsp3) is 0.136. The molecule has 3 rings (SSSR count). The van der Waals surface area contributed by atoms with Gasteiger partial charge in [0.15, 0.2) is 0 Å². The molecule has 0 aliphatic heterocycles. The molecule has 1 amide bonds. The summed E-state index contributed by atoms with van der Waals surface area (Å²) < 4.78 is 27.4. The lowest BCUT2D eigenvalue weighted by Gasteiger charge is -2.20. The molecule has 0 bridgehead atoms. The number of rotatable bonds is 6. The van der Waals surface area contributed by atoms with Gasteiger partial charge in [0.25, 0.3) is 0 Å². The Kier molecular flexibility index (Phi) is 6.54. The smallest absolute Gasteiger partial charge is 0.238 e. The van der Waals surface area contributed by atoms with Gasteiger partial charge in [-0.25, -0.2) is 8.78 Å². The molecule has 2 N–H and O–H groups in total. The Bertz CT molecular complexity index is 914. The molecule has 0 aliphatic carbocycles. The zero-order valence-corrected chi connectivity index (χ0v) is 16.8. The van der Waals surface area contributed by atoms with Gasteiger partial charge in [-0.15, -0.1) is 0 Å². The Labute approximate surface area is 170 Å². The number of hydrogen-bond acceptors (Lipinski definition) is 2. The van der Waals surface area contributed by atoms with E-state index in [-0.39, 0.29) is 30.1 Å². The van der Waals surface area contributed by atoms with E-state index in [0.29, 0.717) is 5.69 Å². The Morgan fingerprint density at radius 1 is 0.929 bits per heavy atom. The van der Waals surface area contributed by atoms with Crippen LogP contribution < -0.4 is 10.6 Å². The van der Waals surface area contributed by atoms with E-state index in [1.165, 1.54) is 24.3 Å². The van der Waals surface area contributed by atoms with Gasteiger partial charge in [0, 0.05) is 4.47 Å². The van der Waals surface area contributed by atoms with Gasteiger partial charge in [-0.3, -0.25) is 10.1 Å². The lowest BCUT2D eigenvalue weighted by molar-refractivity contribution is -0.115. The molecule has 0 saturated carbocycles. The van der Waals surface area contributed by atoms with Gasteiger partial charge in [-0.1, -0.05) is 30.3 Å². The first-order valence-electron chi connectivity index (χ1n) is 8.72. The molecule has 0 fully saturated rings. The fourth-order valence-electron chi connectivity index (χ4n) is 2.85. The second kappa shape index (κ2) is 9.08. The van der Waals surface area contributed by atoms with Crippen LogP contribution in [0, 0.1) is 18.6 Å². The summed E-state index contributed by atoms with van der Waals surface area (Å²) in [5, 5.41) is 6.02. The first-order chi connectivity index (χ1) is 13.4. The first kappa shape index (κ1) is 20.2. The van der Waals surface area contributed by atoms with Crippen LogP contribution >= 0.6 is 15.9 Å². The first-order valence-corrected chi connectivity index (χ1v) is 9.52. The second-order valence-corrected chi connectivity index (χ2v) is 7.30. The summed E-state index contributed by atoms with van der Waals surface area (Å²) in [5.74, 6) is -0.911. The minimum atomic E-state index is -0.381. The summed E-state index contributed by atoms with van der Waals surface area (Å²) in [5.41, 5.74) is 3.31. The molecule has 3 nitrogen and oxygen atoms in total. The molecule has 3 aromatic carbocycles. The Balaban J connectivity index is 1.74. The van der Waals surface area contributed by atoms with Gasteiger partial charge in [0.1, 0.15) is 11.6 Å². The van der Waals surface area contributed by atoms with Gasteiger partial charge >= 0.3 is 0 Å². The molecular weight excluding hydrogens is 426 g/mol. The highest BCUT2D eigenvalue weighted by Gasteiger charge is 2.16. The van der Waals surface area contributed by atoms with Gasteiger partial charge in [-0.05, 0) is 75.9 Å². The summed E-state index contributed by atoms with van der Waals surface area (Å²) >= 11 is 3.44. The molecule has 0 spiro atoms. The number of hydrogen-bond donors (Lipinski definition) is 2. The molecule has 0 unspecified atom stereocenters. The third kappa shape index (κ3) is 5.24. The highest BCUT2D eigenvalue weighted by atomic mass is 79.9. The summed E-state index contributed by atoms with van der Waals surface area (Å²) in [6.07, 6.45) is 0. The minimum Gasteiger partial charge on any atom is -0.324 e. The standard InChI is InChI=1S/C22H19BrF2N2O/c1-14-2-11-20(19(23)12-14)27-21(28)13-26-22(15-3-7-17(24)8-4-15)16-5-9-18(25)10-6-16/h2-12,22,26H,13H2,1H3,(H,27,28). The van der Waals surface area contributed by atoms with Crippen LogP contribution in [-0.2, 0) is 4.79 Å². The number of carbonyl (C=O) groups excluding carboxylic acids is 1. The lowest BCUT2D eigenvalue weighted by atomic mass is 9.98. The number of anilines is 1. The maximum Gasteiger partial charge on any atom is 0.238 e. The highest BCUT2D eigenvalue weighted by molar-refractivity contribution is 9.10. The normalized spacial score (nSPS) is 10.9. The number of halogens is 3. The van der Waals surface area contributed by atoms with Crippen molar-refractivity contribution in [3.05, 3.63) is 99.5 Å². The topological polar surface area (TPSA) is 41.1 Å². The fourth-order valence-corrected chi connectivity index (χ4v) is 3.44. The van der Waals surface area contributed by atoms with E-state index in [2.05, 4.69) is 26.6 Å². The SMILES string of the molecule is Cc1ccc(NC(=O)CNC(c2ccc(F)cc2)c2ccc(F)cc2)c(Br)c1. The highest BCUT2D eigenvalue weighted by Crippen LogP contribution is 2.24. The molecular formula is C22H19BrF2N2O. The van der Waals surface area contributed by atoms with Crippen molar-refractivity contribution >= 4 is 27.5 Å². The van der Waals surface area contributed by atoms with E-state index in [0.717, 1.165) is 21.2 Å². The van der Waals surface area contributed by atoms with Crippen molar-refractivity contribution in [3.8, 4) is 0 Å². The van der Waals surface area contributed by atoms with Crippen LogP contribution in [0.25, 0.3) is 0 Å². The molecule has 28 heavy (non-hydrogen) atoms. The molecule has 0 atom stereocenters. The van der Waals surface area contributed by atoms with E-state index in [9.17, 15) is 13.6 Å². The molecule has 0 aromatic heterocycles. The number of nitrogens with one attached hydrogen (secondary N) is 2. The van der Waals surface area contributed by atoms with Crippen molar-refractivity contribution in [1.29, 1.82) is 0 Å². The van der Waals surface area contributed by atoms with Crippen LogP contribution in [0.3, 0.4) is 0 Å². The van der Waals surface area contributed by atoms with E-state index < -0.39 is 0 Å². The summed E-state index contributed by atoms with van der Waals surface area (Å²) in [7, 11) is 0. The van der Waals surface area contributed by atoms with Crippen molar-refractivity contribution < 1.29 is 13.6 Å². The number of amides is 1. The number of carbonyl (C=O) groups is 1.